The SMILES string of the molecule is CCN1CCNCC1NC(=S)[S-].[Na+]. The van der Waals surface area contributed by atoms with Crippen LogP contribution in [-0.4, -0.2) is 41.6 Å². The van der Waals surface area contributed by atoms with E-state index in [-0.39, 0.29) is 35.7 Å². The zero-order valence-corrected chi connectivity index (χ0v) is 11.8. The van der Waals surface area contributed by atoms with Crippen LogP contribution in [-0.2, 0) is 12.6 Å². The largest absolute Gasteiger partial charge is 1.00 e. The summed E-state index contributed by atoms with van der Waals surface area (Å²) in [5.41, 5.74) is 0. The van der Waals surface area contributed by atoms with Crippen molar-refractivity contribution in [3.8, 4) is 0 Å². The molecule has 6 heteroatoms. The Balaban J connectivity index is 0.00000144. The predicted molar refractivity (Wildman–Crippen MR) is 57.0 cm³/mol. The molecule has 0 bridgehead atoms. The van der Waals surface area contributed by atoms with E-state index in [2.05, 4.69) is 22.5 Å². The van der Waals surface area contributed by atoms with Crippen molar-refractivity contribution in [2.75, 3.05) is 26.2 Å². The second-order valence-electron chi connectivity index (χ2n) is 2.78. The summed E-state index contributed by atoms with van der Waals surface area (Å²) in [5, 5.41) is 6.39. The molecule has 70 valence electrons. The molecule has 0 aromatic rings. The Kier molecular flexibility index (Phi) is 7.92. The summed E-state index contributed by atoms with van der Waals surface area (Å²) >= 11 is 9.65. The topological polar surface area (TPSA) is 27.3 Å². The predicted octanol–water partition coefficient (Wildman–Crippen LogP) is -3.34. The Morgan fingerprint density at radius 1 is 1.77 bits per heavy atom. The van der Waals surface area contributed by atoms with E-state index in [9.17, 15) is 0 Å². The van der Waals surface area contributed by atoms with Gasteiger partial charge in [0.05, 0.1) is 6.17 Å². The molecule has 1 fully saturated rings. The number of piperazine rings is 1. The minimum absolute atomic E-state index is 0. The van der Waals surface area contributed by atoms with E-state index in [4.69, 9.17) is 24.8 Å². The third kappa shape index (κ3) is 4.88. The van der Waals surface area contributed by atoms with E-state index >= 15 is 0 Å². The van der Waals surface area contributed by atoms with Crippen LogP contribution in [0.25, 0.3) is 0 Å². The van der Waals surface area contributed by atoms with E-state index in [1.807, 2.05) is 0 Å². The van der Waals surface area contributed by atoms with Gasteiger partial charge in [0, 0.05) is 19.6 Å². The van der Waals surface area contributed by atoms with Gasteiger partial charge in [0.25, 0.3) is 0 Å². The van der Waals surface area contributed by atoms with Crippen LogP contribution in [0.15, 0.2) is 0 Å². The molecule has 0 aliphatic carbocycles. The Labute approximate surface area is 113 Å². The summed E-state index contributed by atoms with van der Waals surface area (Å²) in [6.45, 7) is 6.22. The zero-order chi connectivity index (χ0) is 8.97. The summed E-state index contributed by atoms with van der Waals surface area (Å²) in [7, 11) is 0. The summed E-state index contributed by atoms with van der Waals surface area (Å²) in [6, 6.07) is 0. The molecule has 1 unspecified atom stereocenters. The van der Waals surface area contributed by atoms with E-state index in [1.165, 1.54) is 0 Å². The molecule has 1 aliphatic heterocycles. The standard InChI is InChI=1S/C7H15N3S2.Na/c1-2-10-4-3-8-5-6(10)9-7(11)12;/h6,8H,2-5H2,1H3,(H2,9,11,12);/q;+1/p-1. The fraction of sp³-hybridized carbons (Fsp3) is 0.857. The van der Waals surface area contributed by atoms with Crippen molar-refractivity contribution in [3.63, 3.8) is 0 Å². The van der Waals surface area contributed by atoms with Crippen molar-refractivity contribution in [3.05, 3.63) is 0 Å². The Morgan fingerprint density at radius 3 is 3.00 bits per heavy atom. The number of nitrogens with one attached hydrogen (secondary N) is 2. The number of rotatable bonds is 2. The van der Waals surface area contributed by atoms with Gasteiger partial charge in [-0.05, 0) is 6.54 Å². The molecule has 2 N–H and O–H groups in total. The molecule has 1 aliphatic rings. The number of hydrogen-bond donors (Lipinski definition) is 2. The van der Waals surface area contributed by atoms with Crippen LogP contribution in [0.4, 0.5) is 0 Å². The van der Waals surface area contributed by atoms with Gasteiger partial charge in [0.1, 0.15) is 0 Å². The van der Waals surface area contributed by atoms with Crippen molar-refractivity contribution in [1.82, 2.24) is 15.5 Å². The fourth-order valence-electron chi connectivity index (χ4n) is 1.40. The summed E-state index contributed by atoms with van der Waals surface area (Å²) in [6.07, 6.45) is 0.286. The van der Waals surface area contributed by atoms with Crippen LogP contribution in [0, 0.1) is 0 Å². The molecule has 1 saturated heterocycles. The molecular weight excluding hydrogens is 213 g/mol. The first-order valence-corrected chi connectivity index (χ1v) is 4.98. The number of hydrogen-bond acceptors (Lipinski definition) is 4. The van der Waals surface area contributed by atoms with E-state index < -0.39 is 0 Å². The number of likely N-dealkylation sites (N-methyl/N-ethyl adjacent to an activating group) is 1. The van der Waals surface area contributed by atoms with Crippen LogP contribution >= 0.6 is 12.2 Å². The van der Waals surface area contributed by atoms with Crippen molar-refractivity contribution in [2.45, 2.75) is 13.1 Å². The van der Waals surface area contributed by atoms with Crippen LogP contribution in [0.5, 0.6) is 0 Å². The van der Waals surface area contributed by atoms with Crippen molar-refractivity contribution in [1.29, 1.82) is 0 Å². The first-order chi connectivity index (χ1) is 5.74. The molecule has 0 aromatic heterocycles. The third-order valence-electron chi connectivity index (χ3n) is 2.04. The number of thiocarbonyl (C=S) groups is 1. The van der Waals surface area contributed by atoms with E-state index in [0.29, 0.717) is 4.32 Å². The van der Waals surface area contributed by atoms with Gasteiger partial charge in [-0.2, -0.15) is 0 Å². The van der Waals surface area contributed by atoms with Gasteiger partial charge in [0.15, 0.2) is 0 Å². The molecule has 0 spiro atoms. The molecule has 0 saturated carbocycles. The smallest absolute Gasteiger partial charge is 0.412 e. The molecule has 0 aromatic carbocycles. The average Bonchev–Trinajstić information content (AvgIpc) is 2.04. The maximum Gasteiger partial charge on any atom is 1.00 e. The van der Waals surface area contributed by atoms with Gasteiger partial charge in [-0.1, -0.05) is 11.2 Å². The van der Waals surface area contributed by atoms with Crippen molar-refractivity contribution >= 4 is 29.2 Å². The minimum atomic E-state index is 0. The monoisotopic (exact) mass is 227 g/mol. The molecule has 1 rings (SSSR count). The number of nitrogens with zero attached hydrogens (tertiary/aromatic N) is 1. The summed E-state index contributed by atoms with van der Waals surface area (Å²) in [5.74, 6) is 0. The van der Waals surface area contributed by atoms with Gasteiger partial charge in [0.2, 0.25) is 0 Å². The van der Waals surface area contributed by atoms with E-state index in [0.717, 1.165) is 26.2 Å². The Bertz CT molecular complexity index is 168. The molecule has 1 atom stereocenters. The Morgan fingerprint density at radius 2 is 2.46 bits per heavy atom. The van der Waals surface area contributed by atoms with Crippen LogP contribution in [0.1, 0.15) is 6.92 Å². The maximum atomic E-state index is 4.83. The van der Waals surface area contributed by atoms with E-state index in [1.54, 1.807) is 0 Å². The quantitative estimate of drug-likeness (QED) is 0.292. The minimum Gasteiger partial charge on any atom is -0.412 e. The van der Waals surface area contributed by atoms with Gasteiger partial charge < -0.3 is 35.5 Å². The van der Waals surface area contributed by atoms with Crippen LogP contribution in [0.3, 0.4) is 0 Å². The fourth-order valence-corrected chi connectivity index (χ4v) is 1.68. The second kappa shape index (κ2) is 7.34. The van der Waals surface area contributed by atoms with Gasteiger partial charge in [-0.15, -0.1) is 0 Å². The maximum absolute atomic E-state index is 4.83. The zero-order valence-electron chi connectivity index (χ0n) is 8.17. The van der Waals surface area contributed by atoms with Gasteiger partial charge in [-0.25, -0.2) is 0 Å². The first kappa shape index (κ1) is 14.0. The van der Waals surface area contributed by atoms with Crippen LogP contribution < -0.4 is 40.2 Å². The molecule has 13 heavy (non-hydrogen) atoms. The van der Waals surface area contributed by atoms with Crippen molar-refractivity contribution < 1.29 is 29.6 Å². The van der Waals surface area contributed by atoms with Crippen LogP contribution in [0.2, 0.25) is 0 Å². The van der Waals surface area contributed by atoms with Gasteiger partial charge >= 0.3 is 29.6 Å². The summed E-state index contributed by atoms with van der Waals surface area (Å²) < 4.78 is 0.460. The second-order valence-corrected chi connectivity index (χ2v) is 3.86. The third-order valence-corrected chi connectivity index (χ3v) is 2.28. The summed E-state index contributed by atoms with van der Waals surface area (Å²) in [4.78, 5) is 2.33. The molecule has 0 amide bonds. The molecule has 0 radical (unpaired) electrons. The van der Waals surface area contributed by atoms with Gasteiger partial charge in [-0.3, -0.25) is 4.90 Å². The molecule has 3 nitrogen and oxygen atoms in total. The normalized spacial score (nSPS) is 23.3. The average molecular weight is 227 g/mol. The molecular formula is C7H14N3NaS2. The molecule has 1 heterocycles. The Hall–Kier alpha value is 1.03. The van der Waals surface area contributed by atoms with Crippen molar-refractivity contribution in [2.24, 2.45) is 0 Å². The first-order valence-electron chi connectivity index (χ1n) is 4.16.